The minimum absolute atomic E-state index is 0.0111. The predicted octanol–water partition coefficient (Wildman–Crippen LogP) is 2.27. The molecule has 3 N–H and O–H groups in total. The molecule has 2 aliphatic rings. The molecule has 0 radical (unpaired) electrons. The number of rotatable bonds is 4. The first-order valence-electron chi connectivity index (χ1n) is 9.79. The predicted molar refractivity (Wildman–Crippen MR) is 106 cm³/mol. The summed E-state index contributed by atoms with van der Waals surface area (Å²) in [4.78, 5) is 34.0. The van der Waals surface area contributed by atoms with Crippen LogP contribution < -0.4 is 10.6 Å². The van der Waals surface area contributed by atoms with Crippen LogP contribution in [0.1, 0.15) is 46.7 Å². The summed E-state index contributed by atoms with van der Waals surface area (Å²) in [7, 11) is 0. The van der Waals surface area contributed by atoms with Crippen LogP contribution in [0.4, 0.5) is 0 Å². The molecule has 1 saturated carbocycles. The van der Waals surface area contributed by atoms with Gasteiger partial charge in [-0.1, -0.05) is 0 Å². The van der Waals surface area contributed by atoms with Crippen molar-refractivity contribution in [3.8, 4) is 10.6 Å². The van der Waals surface area contributed by atoms with Gasteiger partial charge in [-0.3, -0.25) is 14.6 Å². The number of carboxylic acid groups (broad SMARTS) is 1. The van der Waals surface area contributed by atoms with E-state index in [-0.39, 0.29) is 17.9 Å². The molecule has 3 heterocycles. The lowest BCUT2D eigenvalue weighted by molar-refractivity contribution is -0.142. The van der Waals surface area contributed by atoms with Crippen LogP contribution in [0.2, 0.25) is 0 Å². The standard InChI is InChI=1S/C20H24N4O3S/c25-18(23-14-3-1-12(2-4-14)20(26)27)16-11-13(5-10-22-16)19-24-15-6-8-21-9-7-17(15)28-19/h5,10-12,14,21H,1-4,6-9H2,(H,23,25)(H,26,27). The van der Waals surface area contributed by atoms with Crippen LogP contribution in [0.5, 0.6) is 0 Å². The maximum Gasteiger partial charge on any atom is 0.306 e. The van der Waals surface area contributed by atoms with Crippen molar-refractivity contribution < 1.29 is 14.7 Å². The summed E-state index contributed by atoms with van der Waals surface area (Å²) >= 11 is 1.69. The Hall–Kier alpha value is -2.32. The van der Waals surface area contributed by atoms with Crippen LogP contribution in [0.25, 0.3) is 10.6 Å². The number of hydrogen-bond acceptors (Lipinski definition) is 6. The molecule has 7 nitrogen and oxygen atoms in total. The molecule has 8 heteroatoms. The Kier molecular flexibility index (Phi) is 5.68. The number of amides is 1. The smallest absolute Gasteiger partial charge is 0.306 e. The van der Waals surface area contributed by atoms with Crippen molar-refractivity contribution in [3.63, 3.8) is 0 Å². The second-order valence-electron chi connectivity index (χ2n) is 7.43. The highest BCUT2D eigenvalue weighted by atomic mass is 32.1. The van der Waals surface area contributed by atoms with Crippen LogP contribution in [-0.4, -0.2) is 46.1 Å². The number of pyridine rings is 1. The van der Waals surface area contributed by atoms with Gasteiger partial charge in [0.2, 0.25) is 0 Å². The van der Waals surface area contributed by atoms with Gasteiger partial charge in [-0.15, -0.1) is 11.3 Å². The lowest BCUT2D eigenvalue weighted by atomic mass is 9.86. The lowest BCUT2D eigenvalue weighted by Crippen LogP contribution is -2.39. The van der Waals surface area contributed by atoms with E-state index in [2.05, 4.69) is 15.6 Å². The Morgan fingerprint density at radius 2 is 1.96 bits per heavy atom. The third-order valence-corrected chi connectivity index (χ3v) is 6.70. The first-order valence-corrected chi connectivity index (χ1v) is 10.6. The van der Waals surface area contributed by atoms with E-state index in [1.807, 2.05) is 6.07 Å². The average Bonchev–Trinajstić information content (AvgIpc) is 2.99. The molecule has 148 valence electrons. The van der Waals surface area contributed by atoms with Gasteiger partial charge in [0.05, 0.1) is 11.6 Å². The first-order chi connectivity index (χ1) is 13.6. The minimum Gasteiger partial charge on any atom is -0.481 e. The van der Waals surface area contributed by atoms with Crippen molar-refractivity contribution in [2.24, 2.45) is 5.92 Å². The first kappa shape index (κ1) is 19.0. The topological polar surface area (TPSA) is 104 Å². The average molecular weight is 401 g/mol. The molecular formula is C20H24N4O3S. The highest BCUT2D eigenvalue weighted by Crippen LogP contribution is 2.30. The number of carbonyl (C=O) groups excluding carboxylic acids is 1. The minimum atomic E-state index is -0.739. The number of hydrogen-bond donors (Lipinski definition) is 3. The van der Waals surface area contributed by atoms with E-state index < -0.39 is 5.97 Å². The van der Waals surface area contributed by atoms with E-state index in [0.29, 0.717) is 31.4 Å². The van der Waals surface area contributed by atoms with Gasteiger partial charge in [0.1, 0.15) is 10.7 Å². The molecule has 1 fully saturated rings. The Balaban J connectivity index is 1.44. The zero-order chi connectivity index (χ0) is 19.5. The van der Waals surface area contributed by atoms with Crippen molar-refractivity contribution in [2.75, 3.05) is 13.1 Å². The van der Waals surface area contributed by atoms with E-state index in [9.17, 15) is 9.59 Å². The number of nitrogens with zero attached hydrogens (tertiary/aromatic N) is 2. The van der Waals surface area contributed by atoms with Crippen LogP contribution in [-0.2, 0) is 17.6 Å². The number of aliphatic carboxylic acids is 1. The van der Waals surface area contributed by atoms with Gasteiger partial charge in [-0.25, -0.2) is 4.98 Å². The van der Waals surface area contributed by atoms with Crippen molar-refractivity contribution in [1.29, 1.82) is 0 Å². The van der Waals surface area contributed by atoms with Crippen LogP contribution in [0.3, 0.4) is 0 Å². The fourth-order valence-corrected chi connectivity index (χ4v) is 4.97. The van der Waals surface area contributed by atoms with E-state index in [1.54, 1.807) is 23.6 Å². The van der Waals surface area contributed by atoms with Crippen LogP contribution in [0.15, 0.2) is 18.3 Å². The second kappa shape index (κ2) is 8.36. The normalized spacial score (nSPS) is 22.1. The van der Waals surface area contributed by atoms with Gasteiger partial charge >= 0.3 is 5.97 Å². The summed E-state index contributed by atoms with van der Waals surface area (Å²) in [6.07, 6.45) is 6.17. The molecule has 0 atom stereocenters. The molecule has 0 spiro atoms. The number of carboxylic acids is 1. The maximum atomic E-state index is 12.6. The van der Waals surface area contributed by atoms with E-state index >= 15 is 0 Å². The summed E-state index contributed by atoms with van der Waals surface area (Å²) in [5.74, 6) is -1.23. The summed E-state index contributed by atoms with van der Waals surface area (Å²) in [5, 5.41) is 16.4. The zero-order valence-corrected chi connectivity index (χ0v) is 16.4. The molecule has 28 heavy (non-hydrogen) atoms. The summed E-state index contributed by atoms with van der Waals surface area (Å²) < 4.78 is 0. The third-order valence-electron chi connectivity index (χ3n) is 5.50. The monoisotopic (exact) mass is 400 g/mol. The third kappa shape index (κ3) is 4.23. The van der Waals surface area contributed by atoms with Crippen LogP contribution >= 0.6 is 11.3 Å². The fraction of sp³-hybridized carbons (Fsp3) is 0.500. The van der Waals surface area contributed by atoms with Gasteiger partial charge in [0, 0.05) is 42.2 Å². The second-order valence-corrected chi connectivity index (χ2v) is 8.51. The summed E-state index contributed by atoms with van der Waals surface area (Å²) in [6, 6.07) is 3.71. The number of aromatic nitrogens is 2. The van der Waals surface area contributed by atoms with Gasteiger partial charge in [0.15, 0.2) is 0 Å². The number of nitrogens with one attached hydrogen (secondary N) is 2. The molecule has 1 amide bonds. The van der Waals surface area contributed by atoms with Crippen molar-refractivity contribution >= 4 is 23.2 Å². The van der Waals surface area contributed by atoms with Crippen molar-refractivity contribution in [1.82, 2.24) is 20.6 Å². The van der Waals surface area contributed by atoms with Crippen molar-refractivity contribution in [2.45, 2.75) is 44.6 Å². The molecular weight excluding hydrogens is 376 g/mol. The Bertz CT molecular complexity index is 851. The molecule has 2 aromatic heterocycles. The maximum absolute atomic E-state index is 12.6. The molecule has 1 aliphatic heterocycles. The molecule has 2 aromatic rings. The molecule has 0 unspecified atom stereocenters. The molecule has 0 saturated heterocycles. The largest absolute Gasteiger partial charge is 0.481 e. The van der Waals surface area contributed by atoms with E-state index in [0.717, 1.165) is 42.2 Å². The quantitative estimate of drug-likeness (QED) is 0.727. The number of thiazole rings is 1. The lowest BCUT2D eigenvalue weighted by Gasteiger charge is -2.26. The zero-order valence-electron chi connectivity index (χ0n) is 15.6. The van der Waals surface area contributed by atoms with Gasteiger partial charge < -0.3 is 15.7 Å². The number of fused-ring (bicyclic) bond motifs is 1. The Morgan fingerprint density at radius 1 is 1.18 bits per heavy atom. The fourth-order valence-electron chi connectivity index (χ4n) is 3.86. The molecule has 0 aromatic carbocycles. The summed E-state index contributed by atoms with van der Waals surface area (Å²) in [6.45, 7) is 1.92. The SMILES string of the molecule is O=C(NC1CCC(C(=O)O)CC1)c1cc(-c2nc3c(s2)CCNCC3)ccn1. The van der Waals surface area contributed by atoms with E-state index in [1.165, 1.54) is 4.88 Å². The van der Waals surface area contributed by atoms with Crippen molar-refractivity contribution in [3.05, 3.63) is 34.6 Å². The van der Waals surface area contributed by atoms with Crippen LogP contribution in [0, 0.1) is 5.92 Å². The van der Waals surface area contributed by atoms with Gasteiger partial charge in [-0.2, -0.15) is 0 Å². The summed E-state index contributed by atoms with van der Waals surface area (Å²) in [5.41, 5.74) is 2.45. The number of carbonyl (C=O) groups is 2. The highest BCUT2D eigenvalue weighted by Gasteiger charge is 2.27. The van der Waals surface area contributed by atoms with E-state index in [4.69, 9.17) is 10.1 Å². The Morgan fingerprint density at radius 3 is 2.75 bits per heavy atom. The molecule has 0 bridgehead atoms. The molecule has 4 rings (SSSR count). The molecule has 1 aliphatic carbocycles. The van der Waals surface area contributed by atoms with Gasteiger partial charge in [0.25, 0.3) is 5.91 Å². The Labute approximate surface area is 167 Å². The van der Waals surface area contributed by atoms with Gasteiger partial charge in [-0.05, 0) is 44.2 Å². The highest BCUT2D eigenvalue weighted by molar-refractivity contribution is 7.15.